The van der Waals surface area contributed by atoms with Gasteiger partial charge >= 0.3 is 0 Å². The molecule has 1 aliphatic rings. The molecule has 0 amide bonds. The van der Waals surface area contributed by atoms with Crippen LogP contribution in [0.1, 0.15) is 16.8 Å². The van der Waals surface area contributed by atoms with Crippen molar-refractivity contribution in [1.29, 1.82) is 0 Å². The fourth-order valence-electron chi connectivity index (χ4n) is 4.19. The number of aromatic nitrogens is 4. The van der Waals surface area contributed by atoms with Crippen molar-refractivity contribution in [2.24, 2.45) is 7.05 Å². The van der Waals surface area contributed by atoms with E-state index in [2.05, 4.69) is 20.4 Å². The molecule has 0 unspecified atom stereocenters. The van der Waals surface area contributed by atoms with E-state index in [1.165, 1.54) is 6.07 Å². The van der Waals surface area contributed by atoms with Crippen LogP contribution in [0, 0.1) is 12.7 Å². The number of benzene rings is 1. The summed E-state index contributed by atoms with van der Waals surface area (Å²) in [5.41, 5.74) is 4.22. The van der Waals surface area contributed by atoms with Crippen LogP contribution in [0.2, 0.25) is 0 Å². The van der Waals surface area contributed by atoms with Gasteiger partial charge < -0.3 is 14.8 Å². The minimum Gasteiger partial charge on any atom is -0.493 e. The maximum Gasteiger partial charge on any atom is 0.221 e. The largest absolute Gasteiger partial charge is 0.493 e. The molecule has 0 bridgehead atoms. The Balaban J connectivity index is 1.59. The van der Waals surface area contributed by atoms with E-state index < -0.39 is 0 Å². The number of nitrogens with one attached hydrogen (secondary N) is 1. The Morgan fingerprint density at radius 2 is 2.13 bits per heavy atom. The molecule has 4 aromatic rings. The zero-order valence-electron chi connectivity index (χ0n) is 17.6. The van der Waals surface area contributed by atoms with Crippen LogP contribution < -0.4 is 14.8 Å². The van der Waals surface area contributed by atoms with Crippen molar-refractivity contribution < 1.29 is 13.9 Å². The Hall–Kier alpha value is -3.68. The fraction of sp³-hybridized carbons (Fsp3) is 0.261. The second-order valence-corrected chi connectivity index (χ2v) is 7.51. The number of rotatable bonds is 5. The molecule has 0 aliphatic carbocycles. The zero-order valence-corrected chi connectivity index (χ0v) is 17.6. The molecule has 158 valence electrons. The Morgan fingerprint density at radius 3 is 2.90 bits per heavy atom. The number of ether oxygens (including phenoxy) is 2. The SMILES string of the molecule is COc1nccc2c(NCc3c(F)ccc4c3CCO4)ncc(-c3cc(C)nn3C)c12. The van der Waals surface area contributed by atoms with Gasteiger partial charge in [0.1, 0.15) is 17.4 Å². The lowest BCUT2D eigenvalue weighted by Crippen LogP contribution is -2.07. The highest BCUT2D eigenvalue weighted by Gasteiger charge is 2.21. The summed E-state index contributed by atoms with van der Waals surface area (Å²) in [6.45, 7) is 2.82. The Labute approximate surface area is 178 Å². The smallest absolute Gasteiger partial charge is 0.221 e. The maximum atomic E-state index is 14.6. The van der Waals surface area contributed by atoms with Crippen molar-refractivity contribution in [2.45, 2.75) is 19.9 Å². The van der Waals surface area contributed by atoms with Gasteiger partial charge in [0.25, 0.3) is 0 Å². The fourth-order valence-corrected chi connectivity index (χ4v) is 4.19. The molecule has 8 heteroatoms. The summed E-state index contributed by atoms with van der Waals surface area (Å²) in [7, 11) is 3.49. The predicted molar refractivity (Wildman–Crippen MR) is 116 cm³/mol. The number of pyridine rings is 2. The number of methoxy groups -OCH3 is 1. The third-order valence-corrected chi connectivity index (χ3v) is 5.61. The van der Waals surface area contributed by atoms with Gasteiger partial charge in [0.15, 0.2) is 0 Å². The van der Waals surface area contributed by atoms with Crippen molar-refractivity contribution in [1.82, 2.24) is 19.7 Å². The Morgan fingerprint density at radius 1 is 1.26 bits per heavy atom. The first kappa shape index (κ1) is 19.3. The monoisotopic (exact) mass is 419 g/mol. The van der Waals surface area contributed by atoms with Crippen molar-refractivity contribution in [3.05, 3.63) is 59.3 Å². The summed E-state index contributed by atoms with van der Waals surface area (Å²) in [5.74, 6) is 1.64. The second kappa shape index (κ2) is 7.54. The zero-order chi connectivity index (χ0) is 21.5. The maximum absolute atomic E-state index is 14.6. The predicted octanol–water partition coefficient (Wildman–Crippen LogP) is 4.03. The van der Waals surface area contributed by atoms with E-state index in [1.54, 1.807) is 25.6 Å². The highest BCUT2D eigenvalue weighted by atomic mass is 19.1. The number of nitrogens with zero attached hydrogens (tertiary/aromatic N) is 4. The third kappa shape index (κ3) is 3.24. The second-order valence-electron chi connectivity index (χ2n) is 7.51. The summed E-state index contributed by atoms with van der Waals surface area (Å²) >= 11 is 0. The molecule has 0 atom stereocenters. The molecule has 7 nitrogen and oxygen atoms in total. The van der Waals surface area contributed by atoms with Crippen LogP contribution in [0.15, 0.2) is 36.7 Å². The summed E-state index contributed by atoms with van der Waals surface area (Å²) < 4.78 is 27.5. The molecule has 4 heterocycles. The summed E-state index contributed by atoms with van der Waals surface area (Å²) in [4.78, 5) is 9.04. The van der Waals surface area contributed by atoms with Gasteiger partial charge in [-0.3, -0.25) is 4.68 Å². The molecule has 0 saturated heterocycles. The standard InChI is InChI=1S/C23H22FN5O2/c1-13-10-19(29(2)28-13)17-12-27-22(15-6-8-25-23(30-3)21(15)17)26-11-16-14-7-9-31-20(14)5-4-18(16)24/h4-6,8,10,12H,7,9,11H2,1-3H3,(H,26,27). The number of fused-ring (bicyclic) bond motifs is 2. The lowest BCUT2D eigenvalue weighted by molar-refractivity contribution is 0.356. The quantitative estimate of drug-likeness (QED) is 0.526. The first-order valence-corrected chi connectivity index (χ1v) is 10.1. The third-order valence-electron chi connectivity index (χ3n) is 5.61. The van der Waals surface area contributed by atoms with Crippen LogP contribution in [0.25, 0.3) is 22.0 Å². The van der Waals surface area contributed by atoms with E-state index >= 15 is 0 Å². The molecular weight excluding hydrogens is 397 g/mol. The van der Waals surface area contributed by atoms with Crippen molar-refractivity contribution in [3.8, 4) is 22.9 Å². The van der Waals surface area contributed by atoms with Crippen LogP contribution in [0.3, 0.4) is 0 Å². The lowest BCUT2D eigenvalue weighted by atomic mass is 10.0. The molecule has 1 aromatic carbocycles. The minimum absolute atomic E-state index is 0.248. The summed E-state index contributed by atoms with van der Waals surface area (Å²) in [6.07, 6.45) is 4.16. The molecular formula is C23H22FN5O2. The van der Waals surface area contributed by atoms with Gasteiger partial charge in [0.2, 0.25) is 5.88 Å². The van der Waals surface area contributed by atoms with Crippen LogP contribution in [0.5, 0.6) is 11.6 Å². The number of halogens is 1. The van der Waals surface area contributed by atoms with Crippen LogP contribution in [-0.4, -0.2) is 33.5 Å². The number of hydrogen-bond acceptors (Lipinski definition) is 6. The number of hydrogen-bond donors (Lipinski definition) is 1. The van der Waals surface area contributed by atoms with E-state index in [4.69, 9.17) is 9.47 Å². The highest BCUT2D eigenvalue weighted by molar-refractivity contribution is 6.04. The van der Waals surface area contributed by atoms with Crippen molar-refractivity contribution in [3.63, 3.8) is 0 Å². The van der Waals surface area contributed by atoms with Gasteiger partial charge in [-0.05, 0) is 31.2 Å². The van der Waals surface area contributed by atoms with Gasteiger partial charge in [-0.25, -0.2) is 14.4 Å². The van der Waals surface area contributed by atoms with Gasteiger partial charge in [-0.1, -0.05) is 0 Å². The van der Waals surface area contributed by atoms with Crippen LogP contribution in [-0.2, 0) is 20.0 Å². The normalized spacial score (nSPS) is 12.6. The summed E-state index contributed by atoms with van der Waals surface area (Å²) in [6, 6.07) is 7.02. The lowest BCUT2D eigenvalue weighted by Gasteiger charge is -2.15. The topological polar surface area (TPSA) is 74.1 Å². The van der Waals surface area contributed by atoms with E-state index in [0.29, 0.717) is 36.8 Å². The molecule has 3 aromatic heterocycles. The molecule has 0 saturated carbocycles. The minimum atomic E-state index is -0.248. The van der Waals surface area contributed by atoms with E-state index in [0.717, 1.165) is 39.0 Å². The average molecular weight is 419 g/mol. The first-order valence-electron chi connectivity index (χ1n) is 10.1. The van der Waals surface area contributed by atoms with Crippen molar-refractivity contribution >= 4 is 16.6 Å². The van der Waals surface area contributed by atoms with E-state index in [9.17, 15) is 4.39 Å². The Bertz CT molecular complexity index is 1300. The van der Waals surface area contributed by atoms with Crippen molar-refractivity contribution in [2.75, 3.05) is 19.0 Å². The molecule has 0 fully saturated rings. The molecule has 0 radical (unpaired) electrons. The summed E-state index contributed by atoms with van der Waals surface area (Å²) in [5, 5.41) is 9.43. The molecule has 5 rings (SSSR count). The van der Waals surface area contributed by atoms with Gasteiger partial charge in [0, 0.05) is 54.5 Å². The highest BCUT2D eigenvalue weighted by Crippen LogP contribution is 2.37. The first-order chi connectivity index (χ1) is 15.1. The van der Waals surface area contributed by atoms with Crippen LogP contribution in [0.4, 0.5) is 10.2 Å². The van der Waals surface area contributed by atoms with E-state index in [1.807, 2.05) is 30.8 Å². The molecule has 1 N–H and O–H groups in total. The van der Waals surface area contributed by atoms with Gasteiger partial charge in [-0.15, -0.1) is 0 Å². The van der Waals surface area contributed by atoms with Crippen LogP contribution >= 0.6 is 0 Å². The molecule has 31 heavy (non-hydrogen) atoms. The van der Waals surface area contributed by atoms with Gasteiger partial charge in [0.05, 0.1) is 30.5 Å². The number of anilines is 1. The number of aryl methyl sites for hydroxylation is 2. The average Bonchev–Trinajstić information content (AvgIpc) is 3.38. The van der Waals surface area contributed by atoms with E-state index in [-0.39, 0.29) is 5.82 Å². The van der Waals surface area contributed by atoms with Gasteiger partial charge in [-0.2, -0.15) is 5.10 Å². The molecule has 0 spiro atoms. The Kier molecular flexibility index (Phi) is 4.69. The molecule has 1 aliphatic heterocycles.